The lowest BCUT2D eigenvalue weighted by Crippen LogP contribution is -2.20. The highest BCUT2D eigenvalue weighted by Gasteiger charge is 2.29. The van der Waals surface area contributed by atoms with E-state index in [9.17, 15) is 9.59 Å². The maximum absolute atomic E-state index is 12.8. The highest BCUT2D eigenvalue weighted by atomic mass is 35.5. The molecular formula is C20H21Cl2NO5. The van der Waals surface area contributed by atoms with Crippen LogP contribution in [0.3, 0.4) is 0 Å². The number of carbonyl (C=O) groups is 2. The number of aryl methyl sites for hydroxylation is 2. The van der Waals surface area contributed by atoms with E-state index in [0.717, 1.165) is 0 Å². The molecule has 28 heavy (non-hydrogen) atoms. The van der Waals surface area contributed by atoms with Crippen LogP contribution in [0.2, 0.25) is 10.0 Å². The molecule has 0 aliphatic heterocycles. The predicted molar refractivity (Wildman–Crippen MR) is 107 cm³/mol. The summed E-state index contributed by atoms with van der Waals surface area (Å²) in [4.78, 5) is 29.9. The Balaban J connectivity index is 2.87. The van der Waals surface area contributed by atoms with Crippen molar-refractivity contribution < 1.29 is 24.2 Å². The number of nitrogens with zero attached hydrogens (tertiary/aromatic N) is 1. The summed E-state index contributed by atoms with van der Waals surface area (Å²) in [7, 11) is 0. The number of ether oxygens (including phenoxy) is 2. The molecular weight excluding hydrogens is 405 g/mol. The number of pyridine rings is 1. The molecule has 1 heterocycles. The number of hydrogen-bond acceptors (Lipinski definition) is 6. The zero-order valence-electron chi connectivity index (χ0n) is 16.0. The quantitative estimate of drug-likeness (QED) is 0.690. The van der Waals surface area contributed by atoms with Crippen molar-refractivity contribution in [2.24, 2.45) is 0 Å². The van der Waals surface area contributed by atoms with Gasteiger partial charge in [0.05, 0.1) is 45.3 Å². The van der Waals surface area contributed by atoms with Crippen LogP contribution in [0.4, 0.5) is 0 Å². The second kappa shape index (κ2) is 9.37. The number of aromatic nitrogens is 1. The van der Waals surface area contributed by atoms with Gasteiger partial charge in [0, 0.05) is 11.1 Å². The second-order valence-corrected chi connectivity index (χ2v) is 7.11. The first kappa shape index (κ1) is 22.1. The van der Waals surface area contributed by atoms with E-state index in [2.05, 4.69) is 4.98 Å². The zero-order valence-corrected chi connectivity index (χ0v) is 17.5. The van der Waals surface area contributed by atoms with Gasteiger partial charge in [-0.15, -0.1) is 0 Å². The van der Waals surface area contributed by atoms with E-state index in [1.807, 2.05) is 0 Å². The molecule has 0 unspecified atom stereocenters. The van der Waals surface area contributed by atoms with Crippen molar-refractivity contribution in [2.45, 2.75) is 33.8 Å². The van der Waals surface area contributed by atoms with Crippen molar-refractivity contribution in [3.05, 3.63) is 50.8 Å². The van der Waals surface area contributed by atoms with Crippen molar-refractivity contribution in [3.8, 4) is 11.1 Å². The van der Waals surface area contributed by atoms with Crippen LogP contribution in [-0.4, -0.2) is 41.3 Å². The van der Waals surface area contributed by atoms with Gasteiger partial charge in [0.15, 0.2) is 0 Å². The Hall–Kier alpha value is -2.15. The molecule has 150 valence electrons. The normalized spacial score (nSPS) is 10.9. The van der Waals surface area contributed by atoms with Gasteiger partial charge in [-0.3, -0.25) is 4.98 Å². The summed E-state index contributed by atoms with van der Waals surface area (Å²) in [6.07, 6.45) is -0.374. The summed E-state index contributed by atoms with van der Waals surface area (Å²) in [5.41, 5.74) is 1.54. The molecule has 0 saturated heterocycles. The van der Waals surface area contributed by atoms with Crippen LogP contribution in [0, 0.1) is 13.8 Å². The number of rotatable bonds is 6. The van der Waals surface area contributed by atoms with Gasteiger partial charge in [0.25, 0.3) is 0 Å². The Kier molecular flexibility index (Phi) is 7.41. The third-order valence-corrected chi connectivity index (χ3v) is 4.67. The van der Waals surface area contributed by atoms with Gasteiger partial charge < -0.3 is 14.6 Å². The van der Waals surface area contributed by atoms with E-state index in [1.165, 1.54) is 0 Å². The van der Waals surface area contributed by atoms with Crippen molar-refractivity contribution in [1.29, 1.82) is 0 Å². The molecule has 0 atom stereocenters. The van der Waals surface area contributed by atoms with Gasteiger partial charge in [-0.05, 0) is 33.8 Å². The van der Waals surface area contributed by atoms with Crippen molar-refractivity contribution in [2.75, 3.05) is 13.2 Å². The molecule has 2 aromatic rings. The van der Waals surface area contributed by atoms with Gasteiger partial charge in [-0.2, -0.15) is 0 Å². The number of aliphatic hydroxyl groups is 1. The average Bonchev–Trinajstić information content (AvgIpc) is 2.60. The van der Waals surface area contributed by atoms with Crippen molar-refractivity contribution in [3.63, 3.8) is 0 Å². The molecule has 1 N–H and O–H groups in total. The van der Waals surface area contributed by atoms with Crippen molar-refractivity contribution >= 4 is 35.1 Å². The standard InChI is InChI=1S/C20H21Cl2NO5/c1-10(2)28-20(26)16-12(4)23-11(3)15(19(25)27-9-8-24)17(16)13-6-5-7-14(21)18(13)22/h5-7,10,24H,8-9H2,1-4H3. The molecule has 0 spiro atoms. The van der Waals surface area contributed by atoms with Crippen LogP contribution >= 0.6 is 23.2 Å². The molecule has 1 aromatic carbocycles. The maximum atomic E-state index is 12.8. The Morgan fingerprint density at radius 2 is 1.71 bits per heavy atom. The number of hydrogen-bond donors (Lipinski definition) is 1. The molecule has 0 amide bonds. The lowest BCUT2D eigenvalue weighted by atomic mass is 9.92. The van der Waals surface area contributed by atoms with Gasteiger partial charge in [0.2, 0.25) is 0 Å². The first-order valence-corrected chi connectivity index (χ1v) is 9.39. The molecule has 8 heteroatoms. The number of benzene rings is 1. The predicted octanol–water partition coefficient (Wildman–Crippen LogP) is 4.39. The Morgan fingerprint density at radius 3 is 2.29 bits per heavy atom. The number of carbonyl (C=O) groups excluding carboxylic acids is 2. The third kappa shape index (κ3) is 4.63. The van der Waals surface area contributed by atoms with E-state index in [1.54, 1.807) is 45.9 Å². The van der Waals surface area contributed by atoms with E-state index in [-0.39, 0.29) is 46.1 Å². The van der Waals surface area contributed by atoms with Crippen LogP contribution in [0.1, 0.15) is 46.0 Å². The smallest absolute Gasteiger partial charge is 0.340 e. The molecule has 6 nitrogen and oxygen atoms in total. The summed E-state index contributed by atoms with van der Waals surface area (Å²) in [5, 5.41) is 9.43. The van der Waals surface area contributed by atoms with E-state index in [0.29, 0.717) is 17.0 Å². The fraction of sp³-hybridized carbons (Fsp3) is 0.350. The first-order valence-electron chi connectivity index (χ1n) is 8.63. The highest BCUT2D eigenvalue weighted by Crippen LogP contribution is 2.39. The molecule has 0 bridgehead atoms. The topological polar surface area (TPSA) is 85.7 Å². The van der Waals surface area contributed by atoms with Gasteiger partial charge in [0.1, 0.15) is 6.61 Å². The Morgan fingerprint density at radius 1 is 1.11 bits per heavy atom. The first-order chi connectivity index (χ1) is 13.2. The summed E-state index contributed by atoms with van der Waals surface area (Å²) in [6.45, 7) is 6.19. The summed E-state index contributed by atoms with van der Waals surface area (Å²) < 4.78 is 10.4. The largest absolute Gasteiger partial charge is 0.460 e. The van der Waals surface area contributed by atoms with E-state index >= 15 is 0 Å². The average molecular weight is 426 g/mol. The summed E-state index contributed by atoms with van der Waals surface area (Å²) in [6, 6.07) is 4.91. The molecule has 0 saturated carbocycles. The number of aliphatic hydroxyl groups excluding tert-OH is 1. The minimum Gasteiger partial charge on any atom is -0.460 e. The molecule has 0 aliphatic carbocycles. The summed E-state index contributed by atoms with van der Waals surface area (Å²) in [5.74, 6) is -1.37. The number of halogens is 2. The molecule has 0 fully saturated rings. The third-order valence-electron chi connectivity index (χ3n) is 3.86. The zero-order chi connectivity index (χ0) is 21.0. The maximum Gasteiger partial charge on any atom is 0.340 e. The van der Waals surface area contributed by atoms with Crippen LogP contribution in [0.15, 0.2) is 18.2 Å². The van der Waals surface area contributed by atoms with Crippen molar-refractivity contribution in [1.82, 2.24) is 4.98 Å². The van der Waals surface area contributed by atoms with Crippen LogP contribution in [0.25, 0.3) is 11.1 Å². The molecule has 2 rings (SSSR count). The Labute approximate surface area is 173 Å². The lowest BCUT2D eigenvalue weighted by Gasteiger charge is -2.19. The molecule has 0 aliphatic rings. The fourth-order valence-electron chi connectivity index (χ4n) is 2.80. The molecule has 1 aromatic heterocycles. The van der Waals surface area contributed by atoms with Crippen LogP contribution in [-0.2, 0) is 9.47 Å². The SMILES string of the molecule is Cc1nc(C)c(C(=O)OC(C)C)c(-c2cccc(Cl)c2Cl)c1C(=O)OCCO. The van der Waals surface area contributed by atoms with E-state index < -0.39 is 11.9 Å². The van der Waals surface area contributed by atoms with Crippen LogP contribution < -0.4 is 0 Å². The minimum absolute atomic E-state index is 0.0684. The number of esters is 2. The summed E-state index contributed by atoms with van der Waals surface area (Å²) >= 11 is 12.6. The Bertz CT molecular complexity index is 912. The minimum atomic E-state index is -0.733. The lowest BCUT2D eigenvalue weighted by molar-refractivity contribution is 0.0377. The molecule has 0 radical (unpaired) electrons. The van der Waals surface area contributed by atoms with Gasteiger partial charge >= 0.3 is 11.9 Å². The highest BCUT2D eigenvalue weighted by molar-refractivity contribution is 6.44. The van der Waals surface area contributed by atoms with E-state index in [4.69, 9.17) is 37.8 Å². The van der Waals surface area contributed by atoms with Gasteiger partial charge in [-0.25, -0.2) is 9.59 Å². The monoisotopic (exact) mass is 425 g/mol. The van der Waals surface area contributed by atoms with Crippen LogP contribution in [0.5, 0.6) is 0 Å². The second-order valence-electron chi connectivity index (χ2n) is 6.32. The van der Waals surface area contributed by atoms with Gasteiger partial charge in [-0.1, -0.05) is 35.3 Å². The fourth-order valence-corrected chi connectivity index (χ4v) is 3.19.